The summed E-state index contributed by atoms with van der Waals surface area (Å²) in [5.74, 6) is -0.215. The van der Waals surface area contributed by atoms with Gasteiger partial charge >= 0.3 is 0 Å². The summed E-state index contributed by atoms with van der Waals surface area (Å²) in [6.45, 7) is 4.05. The topological polar surface area (TPSA) is 32.3 Å². The molecule has 2 N–H and O–H groups in total. The molecule has 0 amide bonds. The summed E-state index contributed by atoms with van der Waals surface area (Å²) in [5, 5.41) is 12.9. The van der Waals surface area contributed by atoms with E-state index in [-0.39, 0.29) is 5.82 Å². The summed E-state index contributed by atoms with van der Waals surface area (Å²) in [5.41, 5.74) is 3.30. The number of aliphatic hydroxyl groups excluding tert-OH is 1. The molecule has 19 heavy (non-hydrogen) atoms. The fraction of sp³-hybridized carbons (Fsp3) is 0.250. The molecule has 0 heterocycles. The number of para-hydroxylation sites is 1. The Kier molecular flexibility index (Phi) is 4.17. The lowest BCUT2D eigenvalue weighted by Crippen LogP contribution is -2.05. The minimum Gasteiger partial charge on any atom is -0.389 e. The Balaban J connectivity index is 2.17. The zero-order valence-corrected chi connectivity index (χ0v) is 11.2. The van der Waals surface area contributed by atoms with Crippen molar-refractivity contribution in [3.8, 4) is 0 Å². The lowest BCUT2D eigenvalue weighted by atomic mass is 10.1. The Morgan fingerprint density at radius 1 is 1.21 bits per heavy atom. The molecular formula is C16H18FNO. The first kappa shape index (κ1) is 13.6. The maximum Gasteiger partial charge on any atom is 0.128 e. The minimum absolute atomic E-state index is 0.215. The van der Waals surface area contributed by atoms with Crippen LogP contribution in [0.2, 0.25) is 0 Å². The molecule has 1 atom stereocenters. The van der Waals surface area contributed by atoms with E-state index >= 15 is 0 Å². The second-order valence-electron chi connectivity index (χ2n) is 4.71. The van der Waals surface area contributed by atoms with Crippen LogP contribution in [0.4, 0.5) is 10.1 Å². The van der Waals surface area contributed by atoms with Crippen LogP contribution >= 0.6 is 0 Å². The Morgan fingerprint density at radius 3 is 2.68 bits per heavy atom. The van der Waals surface area contributed by atoms with Crippen LogP contribution in [0, 0.1) is 12.7 Å². The Morgan fingerprint density at radius 2 is 1.95 bits per heavy atom. The predicted molar refractivity (Wildman–Crippen MR) is 75.5 cm³/mol. The molecule has 2 aromatic carbocycles. The first-order valence-corrected chi connectivity index (χ1v) is 6.34. The molecular weight excluding hydrogens is 241 g/mol. The standard InChI is InChI=1S/C16H18FNO/c1-11-7-8-15(17)13(9-11)10-18-16-6-4-3-5-14(16)12(2)19/h3-9,12,18-19H,10H2,1-2H3. The molecule has 0 bridgehead atoms. The molecule has 2 aromatic rings. The van der Waals surface area contributed by atoms with Crippen molar-refractivity contribution in [2.24, 2.45) is 0 Å². The number of aliphatic hydroxyl groups is 1. The van der Waals surface area contributed by atoms with Gasteiger partial charge in [-0.25, -0.2) is 4.39 Å². The number of hydrogen-bond acceptors (Lipinski definition) is 2. The lowest BCUT2D eigenvalue weighted by molar-refractivity contribution is 0.200. The van der Waals surface area contributed by atoms with Gasteiger partial charge in [0.05, 0.1) is 6.10 Å². The van der Waals surface area contributed by atoms with E-state index < -0.39 is 6.10 Å². The number of benzene rings is 2. The maximum atomic E-state index is 13.6. The molecule has 0 spiro atoms. The minimum atomic E-state index is -0.550. The third-order valence-electron chi connectivity index (χ3n) is 3.08. The highest BCUT2D eigenvalue weighted by Crippen LogP contribution is 2.23. The van der Waals surface area contributed by atoms with Crippen molar-refractivity contribution < 1.29 is 9.50 Å². The van der Waals surface area contributed by atoms with Crippen LogP contribution in [-0.4, -0.2) is 5.11 Å². The van der Waals surface area contributed by atoms with E-state index in [4.69, 9.17) is 0 Å². The van der Waals surface area contributed by atoms with E-state index in [0.29, 0.717) is 12.1 Å². The van der Waals surface area contributed by atoms with Crippen molar-refractivity contribution in [2.45, 2.75) is 26.5 Å². The summed E-state index contributed by atoms with van der Waals surface area (Å²) in [7, 11) is 0. The second kappa shape index (κ2) is 5.85. The quantitative estimate of drug-likeness (QED) is 0.875. The number of anilines is 1. The molecule has 2 nitrogen and oxygen atoms in total. The van der Waals surface area contributed by atoms with Gasteiger partial charge in [0.2, 0.25) is 0 Å². The van der Waals surface area contributed by atoms with Crippen molar-refractivity contribution in [1.82, 2.24) is 0 Å². The second-order valence-corrected chi connectivity index (χ2v) is 4.71. The number of rotatable bonds is 4. The van der Waals surface area contributed by atoms with E-state index in [9.17, 15) is 9.50 Å². The third-order valence-corrected chi connectivity index (χ3v) is 3.08. The van der Waals surface area contributed by atoms with Crippen molar-refractivity contribution >= 4 is 5.69 Å². The number of hydrogen-bond donors (Lipinski definition) is 2. The number of halogens is 1. The fourth-order valence-corrected chi connectivity index (χ4v) is 2.05. The predicted octanol–water partition coefficient (Wildman–Crippen LogP) is 3.80. The molecule has 0 fully saturated rings. The molecule has 100 valence electrons. The maximum absolute atomic E-state index is 13.6. The van der Waals surface area contributed by atoms with Crippen LogP contribution in [0.25, 0.3) is 0 Å². The van der Waals surface area contributed by atoms with Gasteiger partial charge in [-0.1, -0.05) is 35.9 Å². The van der Waals surface area contributed by atoms with Crippen molar-refractivity contribution in [3.05, 3.63) is 65.0 Å². The van der Waals surface area contributed by atoms with Gasteiger partial charge in [0.1, 0.15) is 5.82 Å². The zero-order chi connectivity index (χ0) is 13.8. The lowest BCUT2D eigenvalue weighted by Gasteiger charge is -2.14. The molecule has 0 saturated heterocycles. The van der Waals surface area contributed by atoms with Crippen LogP contribution in [0.15, 0.2) is 42.5 Å². The van der Waals surface area contributed by atoms with Crippen LogP contribution in [0.1, 0.15) is 29.7 Å². The van der Waals surface area contributed by atoms with Gasteiger partial charge in [0.15, 0.2) is 0 Å². The highest BCUT2D eigenvalue weighted by molar-refractivity contribution is 5.52. The molecule has 0 aliphatic carbocycles. The van der Waals surface area contributed by atoms with E-state index in [1.54, 1.807) is 13.0 Å². The molecule has 0 aliphatic rings. The first-order valence-electron chi connectivity index (χ1n) is 6.34. The number of nitrogens with one attached hydrogen (secondary N) is 1. The Hall–Kier alpha value is -1.87. The highest BCUT2D eigenvalue weighted by atomic mass is 19.1. The van der Waals surface area contributed by atoms with E-state index in [2.05, 4.69) is 5.32 Å². The number of aryl methyl sites for hydroxylation is 1. The third kappa shape index (κ3) is 3.32. The molecule has 2 rings (SSSR count). The summed E-state index contributed by atoms with van der Waals surface area (Å²) >= 11 is 0. The molecule has 0 radical (unpaired) electrons. The average Bonchev–Trinajstić information content (AvgIpc) is 2.40. The largest absolute Gasteiger partial charge is 0.389 e. The summed E-state index contributed by atoms with van der Waals surface area (Å²) in [6, 6.07) is 12.6. The van der Waals surface area contributed by atoms with Gasteiger partial charge in [-0.3, -0.25) is 0 Å². The summed E-state index contributed by atoms with van der Waals surface area (Å²) in [4.78, 5) is 0. The zero-order valence-electron chi connectivity index (χ0n) is 11.2. The first-order chi connectivity index (χ1) is 9.08. The monoisotopic (exact) mass is 259 g/mol. The highest BCUT2D eigenvalue weighted by Gasteiger charge is 2.08. The van der Waals surface area contributed by atoms with Gasteiger partial charge in [0, 0.05) is 23.4 Å². The van der Waals surface area contributed by atoms with Gasteiger partial charge in [-0.05, 0) is 26.0 Å². The molecule has 3 heteroatoms. The van der Waals surface area contributed by atoms with Gasteiger partial charge in [0.25, 0.3) is 0 Å². The van der Waals surface area contributed by atoms with Crippen molar-refractivity contribution in [2.75, 3.05) is 5.32 Å². The van der Waals surface area contributed by atoms with Crippen LogP contribution < -0.4 is 5.32 Å². The molecule has 0 saturated carbocycles. The van der Waals surface area contributed by atoms with Gasteiger partial charge in [-0.15, -0.1) is 0 Å². The van der Waals surface area contributed by atoms with E-state index in [1.807, 2.05) is 37.3 Å². The smallest absolute Gasteiger partial charge is 0.128 e. The molecule has 0 aromatic heterocycles. The average molecular weight is 259 g/mol. The summed E-state index contributed by atoms with van der Waals surface area (Å²) < 4.78 is 13.6. The van der Waals surface area contributed by atoms with Crippen molar-refractivity contribution in [3.63, 3.8) is 0 Å². The van der Waals surface area contributed by atoms with Crippen molar-refractivity contribution in [1.29, 1.82) is 0 Å². The van der Waals surface area contributed by atoms with Crippen LogP contribution in [0.3, 0.4) is 0 Å². The Bertz CT molecular complexity index is 566. The van der Waals surface area contributed by atoms with E-state index in [0.717, 1.165) is 16.8 Å². The SMILES string of the molecule is Cc1ccc(F)c(CNc2ccccc2C(C)O)c1. The van der Waals surface area contributed by atoms with Crippen LogP contribution in [0.5, 0.6) is 0 Å². The van der Waals surface area contributed by atoms with Gasteiger partial charge in [-0.2, -0.15) is 0 Å². The normalized spacial score (nSPS) is 12.2. The molecule has 1 unspecified atom stereocenters. The van der Waals surface area contributed by atoms with Gasteiger partial charge < -0.3 is 10.4 Å². The molecule has 0 aliphatic heterocycles. The fourth-order valence-electron chi connectivity index (χ4n) is 2.05. The summed E-state index contributed by atoms with van der Waals surface area (Å²) in [6.07, 6.45) is -0.550. The van der Waals surface area contributed by atoms with Crippen LogP contribution in [-0.2, 0) is 6.54 Å². The van der Waals surface area contributed by atoms with E-state index in [1.165, 1.54) is 6.07 Å². The Labute approximate surface area is 112 Å².